The third kappa shape index (κ3) is 4.63. The Morgan fingerprint density at radius 3 is 2.59 bits per heavy atom. The minimum Gasteiger partial charge on any atom is -0.351 e. The van der Waals surface area contributed by atoms with Crippen LogP contribution in [0.25, 0.3) is 0 Å². The maximum atomic E-state index is 12.0. The molecule has 1 fully saturated rings. The van der Waals surface area contributed by atoms with Gasteiger partial charge in [-0.1, -0.05) is 0 Å². The highest BCUT2D eigenvalue weighted by molar-refractivity contribution is 7.90. The Balaban J connectivity index is 2.53. The van der Waals surface area contributed by atoms with E-state index in [2.05, 4.69) is 10.6 Å². The van der Waals surface area contributed by atoms with Gasteiger partial charge < -0.3 is 10.6 Å². The Morgan fingerprint density at radius 2 is 2.12 bits per heavy atom. The summed E-state index contributed by atoms with van der Waals surface area (Å²) in [5, 5.41) is 5.97. The Hall–Kier alpha value is -0.620. The number of carbonyl (C=O) groups excluding carboxylic acids is 1. The van der Waals surface area contributed by atoms with E-state index in [1.165, 1.54) is 6.26 Å². The average Bonchev–Trinajstić information content (AvgIpc) is 2.15. The number of amides is 1. The van der Waals surface area contributed by atoms with Crippen LogP contribution in [-0.4, -0.2) is 44.5 Å². The minimum atomic E-state index is -3.05. The van der Waals surface area contributed by atoms with Crippen LogP contribution in [-0.2, 0) is 14.6 Å². The topological polar surface area (TPSA) is 75.3 Å². The Kier molecular flexibility index (Phi) is 4.55. The van der Waals surface area contributed by atoms with Crippen molar-refractivity contribution in [3.05, 3.63) is 0 Å². The summed E-state index contributed by atoms with van der Waals surface area (Å²) in [6.45, 7) is 4.42. The first-order chi connectivity index (χ1) is 7.73. The predicted octanol–water partition coefficient (Wildman–Crippen LogP) is 0.0679. The van der Waals surface area contributed by atoms with E-state index < -0.39 is 15.4 Å². The number of piperidine rings is 1. The van der Waals surface area contributed by atoms with Crippen molar-refractivity contribution in [3.63, 3.8) is 0 Å². The van der Waals surface area contributed by atoms with Gasteiger partial charge in [-0.3, -0.25) is 4.79 Å². The lowest BCUT2D eigenvalue weighted by atomic mass is 9.90. The Bertz CT molecular complexity index is 372. The van der Waals surface area contributed by atoms with Gasteiger partial charge in [0.1, 0.15) is 9.84 Å². The summed E-state index contributed by atoms with van der Waals surface area (Å²) >= 11 is 0. The molecule has 0 aromatic carbocycles. The monoisotopic (exact) mass is 262 g/mol. The van der Waals surface area contributed by atoms with E-state index in [9.17, 15) is 13.2 Å². The van der Waals surface area contributed by atoms with Crippen molar-refractivity contribution < 1.29 is 13.2 Å². The molecule has 100 valence electrons. The average molecular weight is 262 g/mol. The summed E-state index contributed by atoms with van der Waals surface area (Å²) in [5.74, 6) is -0.122. The van der Waals surface area contributed by atoms with Gasteiger partial charge in [0, 0.05) is 12.3 Å². The van der Waals surface area contributed by atoms with Crippen molar-refractivity contribution in [1.82, 2.24) is 10.6 Å². The molecule has 1 aliphatic heterocycles. The molecular weight excluding hydrogens is 240 g/mol. The molecule has 0 bridgehead atoms. The summed E-state index contributed by atoms with van der Waals surface area (Å²) in [6.07, 6.45) is 4.08. The van der Waals surface area contributed by atoms with Crippen LogP contribution in [0.1, 0.15) is 33.1 Å². The smallest absolute Gasteiger partial charge is 0.240 e. The fourth-order valence-corrected chi connectivity index (χ4v) is 3.12. The molecule has 0 radical (unpaired) electrons. The fraction of sp³-hybridized carbons (Fsp3) is 0.909. The van der Waals surface area contributed by atoms with E-state index in [0.29, 0.717) is 0 Å². The van der Waals surface area contributed by atoms with E-state index in [0.717, 1.165) is 25.8 Å². The number of carbonyl (C=O) groups is 1. The quantitative estimate of drug-likeness (QED) is 0.752. The molecule has 2 N–H and O–H groups in total. The Morgan fingerprint density at radius 1 is 1.47 bits per heavy atom. The standard InChI is InChI=1S/C11H22N2O3S/c1-9(8-17(3,15)16)13-10(14)11(2)6-4-5-7-12-11/h9,12H,4-8H2,1-3H3,(H,13,14). The van der Waals surface area contributed by atoms with Crippen LogP contribution in [0.3, 0.4) is 0 Å². The van der Waals surface area contributed by atoms with Crippen LogP contribution < -0.4 is 10.6 Å². The van der Waals surface area contributed by atoms with E-state index in [4.69, 9.17) is 0 Å². The van der Waals surface area contributed by atoms with Crippen LogP contribution >= 0.6 is 0 Å². The third-order valence-corrected chi connectivity index (χ3v) is 4.16. The number of hydrogen-bond acceptors (Lipinski definition) is 4. The van der Waals surface area contributed by atoms with Crippen LogP contribution in [0, 0.1) is 0 Å². The summed E-state index contributed by atoms with van der Waals surface area (Å²) in [6, 6.07) is -0.349. The van der Waals surface area contributed by atoms with Gasteiger partial charge in [0.2, 0.25) is 5.91 Å². The van der Waals surface area contributed by atoms with Crippen LogP contribution in [0.15, 0.2) is 0 Å². The van der Waals surface area contributed by atoms with Crippen molar-refractivity contribution >= 4 is 15.7 Å². The third-order valence-electron chi connectivity index (χ3n) is 3.05. The van der Waals surface area contributed by atoms with Crippen molar-refractivity contribution in [1.29, 1.82) is 0 Å². The predicted molar refractivity (Wildman–Crippen MR) is 67.6 cm³/mol. The first-order valence-corrected chi connectivity index (χ1v) is 8.03. The number of rotatable bonds is 4. The Labute approximate surface area is 103 Å². The lowest BCUT2D eigenvalue weighted by Gasteiger charge is -2.34. The molecule has 2 atom stereocenters. The molecule has 1 rings (SSSR count). The molecule has 6 heteroatoms. The number of sulfone groups is 1. The molecule has 17 heavy (non-hydrogen) atoms. The van der Waals surface area contributed by atoms with Gasteiger partial charge in [0.05, 0.1) is 11.3 Å². The molecule has 0 aromatic heterocycles. The molecule has 1 aliphatic rings. The van der Waals surface area contributed by atoms with Crippen LogP contribution in [0.4, 0.5) is 0 Å². The molecule has 1 heterocycles. The normalized spacial score (nSPS) is 27.5. The van der Waals surface area contributed by atoms with Crippen LogP contribution in [0.2, 0.25) is 0 Å². The van der Waals surface area contributed by atoms with E-state index in [-0.39, 0.29) is 17.7 Å². The lowest BCUT2D eigenvalue weighted by molar-refractivity contribution is -0.128. The zero-order valence-electron chi connectivity index (χ0n) is 10.7. The highest BCUT2D eigenvalue weighted by atomic mass is 32.2. The molecule has 1 amide bonds. The second-order valence-electron chi connectivity index (χ2n) is 5.18. The van der Waals surface area contributed by atoms with Gasteiger partial charge in [-0.05, 0) is 39.7 Å². The maximum absolute atomic E-state index is 12.0. The fourth-order valence-electron chi connectivity index (χ4n) is 2.13. The van der Waals surface area contributed by atoms with E-state index in [1.54, 1.807) is 6.92 Å². The van der Waals surface area contributed by atoms with Gasteiger partial charge in [-0.15, -0.1) is 0 Å². The van der Waals surface area contributed by atoms with Gasteiger partial charge in [-0.2, -0.15) is 0 Å². The highest BCUT2D eigenvalue weighted by Gasteiger charge is 2.34. The van der Waals surface area contributed by atoms with Gasteiger partial charge in [0.15, 0.2) is 0 Å². The van der Waals surface area contributed by atoms with E-state index >= 15 is 0 Å². The second-order valence-corrected chi connectivity index (χ2v) is 7.37. The molecule has 0 saturated carbocycles. The van der Waals surface area contributed by atoms with Gasteiger partial charge in [-0.25, -0.2) is 8.42 Å². The number of hydrogen-bond donors (Lipinski definition) is 2. The van der Waals surface area contributed by atoms with Crippen molar-refractivity contribution in [2.45, 2.75) is 44.7 Å². The summed E-state index contributed by atoms with van der Waals surface area (Å²) in [7, 11) is -3.05. The molecule has 2 unspecified atom stereocenters. The number of nitrogens with one attached hydrogen (secondary N) is 2. The largest absolute Gasteiger partial charge is 0.351 e. The van der Waals surface area contributed by atoms with Gasteiger partial charge >= 0.3 is 0 Å². The first kappa shape index (κ1) is 14.4. The summed E-state index contributed by atoms with van der Waals surface area (Å²) < 4.78 is 22.2. The molecule has 0 spiro atoms. The van der Waals surface area contributed by atoms with Crippen molar-refractivity contribution in [2.24, 2.45) is 0 Å². The molecule has 0 aliphatic carbocycles. The maximum Gasteiger partial charge on any atom is 0.240 e. The molecule has 0 aromatic rings. The zero-order chi connectivity index (χ0) is 13.1. The summed E-state index contributed by atoms with van der Waals surface area (Å²) in [4.78, 5) is 12.0. The molecule has 5 nitrogen and oxygen atoms in total. The van der Waals surface area contributed by atoms with Crippen molar-refractivity contribution in [2.75, 3.05) is 18.6 Å². The van der Waals surface area contributed by atoms with E-state index in [1.807, 2.05) is 6.92 Å². The second kappa shape index (κ2) is 5.35. The molecular formula is C11H22N2O3S. The lowest BCUT2D eigenvalue weighted by Crippen LogP contribution is -2.58. The zero-order valence-corrected chi connectivity index (χ0v) is 11.6. The van der Waals surface area contributed by atoms with Gasteiger partial charge in [0.25, 0.3) is 0 Å². The summed E-state index contributed by atoms with van der Waals surface area (Å²) in [5.41, 5.74) is -0.552. The molecule has 1 saturated heterocycles. The van der Waals surface area contributed by atoms with Crippen molar-refractivity contribution in [3.8, 4) is 0 Å². The first-order valence-electron chi connectivity index (χ1n) is 5.97. The minimum absolute atomic E-state index is 0.0190. The SMILES string of the molecule is CC(CS(C)(=O)=O)NC(=O)C1(C)CCCCN1. The van der Waals surface area contributed by atoms with Crippen LogP contribution in [0.5, 0.6) is 0 Å². The highest BCUT2D eigenvalue weighted by Crippen LogP contribution is 2.18.